The zero-order valence-electron chi connectivity index (χ0n) is 15.9. The van der Waals surface area contributed by atoms with Crippen molar-refractivity contribution in [1.82, 2.24) is 35.4 Å². The molecule has 4 aromatic rings. The van der Waals surface area contributed by atoms with E-state index in [-0.39, 0.29) is 17.8 Å². The average Bonchev–Trinajstić information content (AvgIpc) is 3.26. The third-order valence-corrected chi connectivity index (χ3v) is 5.18. The van der Waals surface area contributed by atoms with Gasteiger partial charge >= 0.3 is 0 Å². The zero-order chi connectivity index (χ0) is 20.0. The number of hydrogen-bond donors (Lipinski definition) is 3. The van der Waals surface area contributed by atoms with Gasteiger partial charge in [0.1, 0.15) is 22.7 Å². The zero-order valence-corrected chi connectivity index (χ0v) is 15.9. The minimum absolute atomic E-state index is 0.174. The highest BCUT2D eigenvalue weighted by molar-refractivity contribution is 6.05. The molecule has 0 radical (unpaired) electrons. The van der Waals surface area contributed by atoms with Crippen molar-refractivity contribution >= 4 is 28.0 Å². The van der Waals surface area contributed by atoms with Gasteiger partial charge in [0, 0.05) is 31.2 Å². The Labute approximate surface area is 165 Å². The second kappa shape index (κ2) is 6.93. The Bertz CT molecular complexity index is 1220. The van der Waals surface area contributed by atoms with Crippen LogP contribution in [0.3, 0.4) is 0 Å². The number of H-pyrrole nitrogens is 1. The largest absolute Gasteiger partial charge is 0.352 e. The van der Waals surface area contributed by atoms with E-state index in [4.69, 9.17) is 5.10 Å². The molecule has 1 aliphatic rings. The van der Waals surface area contributed by atoms with Gasteiger partial charge in [-0.1, -0.05) is 6.92 Å². The quantitative estimate of drug-likeness (QED) is 0.483. The number of hydrogen-bond acceptors (Lipinski definition) is 5. The van der Waals surface area contributed by atoms with Crippen LogP contribution in [0, 0.1) is 5.82 Å². The van der Waals surface area contributed by atoms with Gasteiger partial charge in [-0.05, 0) is 24.6 Å². The molecule has 3 N–H and O–H groups in total. The summed E-state index contributed by atoms with van der Waals surface area (Å²) in [5, 5.41) is 11.6. The van der Waals surface area contributed by atoms with Crippen LogP contribution in [0.2, 0.25) is 0 Å². The predicted molar refractivity (Wildman–Crippen MR) is 107 cm³/mol. The molecule has 148 valence electrons. The second-order valence-corrected chi connectivity index (χ2v) is 7.18. The maximum Gasteiger partial charge on any atom is 0.255 e. The molecule has 4 heterocycles. The Kier molecular flexibility index (Phi) is 4.24. The van der Waals surface area contributed by atoms with Crippen LogP contribution < -0.4 is 10.6 Å². The van der Waals surface area contributed by atoms with Gasteiger partial charge in [-0.25, -0.2) is 14.4 Å². The normalized spacial score (nSPS) is 14.4. The molecule has 0 saturated carbocycles. The number of nitrogens with one attached hydrogen (secondary N) is 3. The van der Waals surface area contributed by atoms with Crippen molar-refractivity contribution in [2.24, 2.45) is 0 Å². The van der Waals surface area contributed by atoms with Crippen LogP contribution in [0.4, 0.5) is 4.39 Å². The maximum atomic E-state index is 13.9. The fourth-order valence-corrected chi connectivity index (χ4v) is 3.54. The monoisotopic (exact) mass is 393 g/mol. The van der Waals surface area contributed by atoms with Gasteiger partial charge in [-0.15, -0.1) is 0 Å². The lowest BCUT2D eigenvalue weighted by molar-refractivity contribution is 0.0955. The summed E-state index contributed by atoms with van der Waals surface area (Å²) in [5.41, 5.74) is 3.37. The van der Waals surface area contributed by atoms with Crippen molar-refractivity contribution in [3.63, 3.8) is 0 Å². The van der Waals surface area contributed by atoms with Gasteiger partial charge in [-0.3, -0.25) is 9.48 Å². The lowest BCUT2D eigenvalue weighted by atomic mass is 10.1. The average molecular weight is 393 g/mol. The Balaban J connectivity index is 1.64. The third-order valence-electron chi connectivity index (χ3n) is 5.18. The van der Waals surface area contributed by atoms with Crippen LogP contribution in [-0.2, 0) is 0 Å². The molecule has 1 fully saturated rings. The highest BCUT2D eigenvalue weighted by atomic mass is 19.1. The van der Waals surface area contributed by atoms with E-state index in [1.165, 1.54) is 12.1 Å². The second-order valence-electron chi connectivity index (χ2n) is 7.18. The number of benzene rings is 1. The van der Waals surface area contributed by atoms with Crippen molar-refractivity contribution in [3.05, 3.63) is 42.0 Å². The summed E-state index contributed by atoms with van der Waals surface area (Å²) in [6.45, 7) is 4.16. The standard InChI is InChI=1S/C20H20FN7O/c1-2-5-23-20(29)14-9-24-19-18(14)26-15(10-25-19)17-13-4-3-11(21)6-16(13)28(27-17)12-7-22-8-12/h3-4,6,9-10,12,22H,2,5,7-8H2,1H3,(H,23,29)(H,24,25). The molecule has 1 saturated heterocycles. The van der Waals surface area contributed by atoms with Gasteiger partial charge < -0.3 is 15.6 Å². The van der Waals surface area contributed by atoms with Crippen molar-refractivity contribution < 1.29 is 9.18 Å². The van der Waals surface area contributed by atoms with Crippen LogP contribution in [0.5, 0.6) is 0 Å². The number of aromatic nitrogens is 5. The maximum absolute atomic E-state index is 13.9. The molecule has 0 spiro atoms. The SMILES string of the molecule is CCCNC(=O)c1c[nH]c2ncc(-c3nn(C4CNC4)c4cc(F)ccc34)nc12. The van der Waals surface area contributed by atoms with E-state index in [0.717, 1.165) is 30.4 Å². The summed E-state index contributed by atoms with van der Waals surface area (Å²) >= 11 is 0. The molecule has 0 bridgehead atoms. The van der Waals surface area contributed by atoms with E-state index >= 15 is 0 Å². The number of halogens is 1. The van der Waals surface area contributed by atoms with Crippen molar-refractivity contribution in [1.29, 1.82) is 0 Å². The summed E-state index contributed by atoms with van der Waals surface area (Å²) in [4.78, 5) is 24.5. The molecule has 0 aliphatic carbocycles. The minimum atomic E-state index is -0.306. The molecule has 8 nitrogen and oxygen atoms in total. The number of carbonyl (C=O) groups excluding carboxylic acids is 1. The van der Waals surface area contributed by atoms with E-state index in [2.05, 4.69) is 25.6 Å². The van der Waals surface area contributed by atoms with Crippen LogP contribution in [0.1, 0.15) is 29.7 Å². The van der Waals surface area contributed by atoms with E-state index in [0.29, 0.717) is 34.7 Å². The molecule has 5 rings (SSSR count). The highest BCUT2D eigenvalue weighted by Gasteiger charge is 2.25. The highest BCUT2D eigenvalue weighted by Crippen LogP contribution is 2.31. The Hall–Kier alpha value is -3.33. The van der Waals surface area contributed by atoms with E-state index < -0.39 is 0 Å². The summed E-state index contributed by atoms with van der Waals surface area (Å²) in [6.07, 6.45) is 4.09. The fourth-order valence-electron chi connectivity index (χ4n) is 3.54. The van der Waals surface area contributed by atoms with Gasteiger partial charge in [0.15, 0.2) is 5.65 Å². The fraction of sp³-hybridized carbons (Fsp3) is 0.300. The van der Waals surface area contributed by atoms with Crippen molar-refractivity contribution in [2.75, 3.05) is 19.6 Å². The molecule has 0 unspecified atom stereocenters. The summed E-state index contributed by atoms with van der Waals surface area (Å²) in [5.74, 6) is -0.498. The first-order valence-corrected chi connectivity index (χ1v) is 9.67. The van der Waals surface area contributed by atoms with Crippen LogP contribution >= 0.6 is 0 Å². The molecule has 3 aromatic heterocycles. The number of rotatable bonds is 5. The lowest BCUT2D eigenvalue weighted by Gasteiger charge is -2.27. The Morgan fingerprint density at radius 2 is 2.24 bits per heavy atom. The van der Waals surface area contributed by atoms with Gasteiger partial charge in [-0.2, -0.15) is 5.10 Å². The first-order chi connectivity index (χ1) is 14.2. The predicted octanol–water partition coefficient (Wildman–Crippen LogP) is 2.40. The third kappa shape index (κ3) is 2.94. The van der Waals surface area contributed by atoms with E-state index in [9.17, 15) is 9.18 Å². The number of aromatic amines is 1. The molecule has 1 aromatic carbocycles. The molecular weight excluding hydrogens is 373 g/mol. The lowest BCUT2D eigenvalue weighted by Crippen LogP contribution is -2.43. The van der Waals surface area contributed by atoms with Gasteiger partial charge in [0.25, 0.3) is 5.91 Å². The van der Waals surface area contributed by atoms with Gasteiger partial charge in [0.05, 0.1) is 23.3 Å². The summed E-state index contributed by atoms with van der Waals surface area (Å²) in [7, 11) is 0. The topological polar surface area (TPSA) is 101 Å². The molecule has 0 atom stereocenters. The summed E-state index contributed by atoms with van der Waals surface area (Å²) < 4.78 is 15.7. The molecule has 9 heteroatoms. The molecule has 1 amide bonds. The number of nitrogens with zero attached hydrogens (tertiary/aromatic N) is 4. The van der Waals surface area contributed by atoms with E-state index in [1.54, 1.807) is 18.5 Å². The Morgan fingerprint density at radius 1 is 1.38 bits per heavy atom. The first kappa shape index (κ1) is 17.7. The number of fused-ring (bicyclic) bond motifs is 2. The van der Waals surface area contributed by atoms with Gasteiger partial charge in [0.2, 0.25) is 0 Å². The number of amides is 1. The van der Waals surface area contributed by atoms with Crippen molar-refractivity contribution in [2.45, 2.75) is 19.4 Å². The van der Waals surface area contributed by atoms with Crippen LogP contribution in [0.15, 0.2) is 30.6 Å². The molecule has 1 aliphatic heterocycles. The number of carbonyl (C=O) groups is 1. The van der Waals surface area contributed by atoms with Crippen molar-refractivity contribution in [3.8, 4) is 11.4 Å². The first-order valence-electron chi connectivity index (χ1n) is 9.67. The molecular formula is C20H20FN7O. The Morgan fingerprint density at radius 3 is 3.00 bits per heavy atom. The van der Waals surface area contributed by atoms with Crippen LogP contribution in [-0.4, -0.2) is 50.3 Å². The smallest absolute Gasteiger partial charge is 0.255 e. The minimum Gasteiger partial charge on any atom is -0.352 e. The molecule has 29 heavy (non-hydrogen) atoms. The summed E-state index contributed by atoms with van der Waals surface area (Å²) in [6, 6.07) is 4.80. The van der Waals surface area contributed by atoms with Crippen LogP contribution in [0.25, 0.3) is 33.5 Å². The van der Waals surface area contributed by atoms with E-state index in [1.807, 2.05) is 11.6 Å².